The molecule has 1 atom stereocenters. The number of benzene rings is 3. The van der Waals surface area contributed by atoms with Gasteiger partial charge in [0.1, 0.15) is 30.1 Å². The normalized spacial score (nSPS) is 12.1. The molecule has 1 heterocycles. The molecule has 0 bridgehead atoms. The van der Waals surface area contributed by atoms with Crippen LogP contribution in [0.4, 0.5) is 4.39 Å². The predicted molar refractivity (Wildman–Crippen MR) is 134 cm³/mol. The van der Waals surface area contributed by atoms with Crippen molar-refractivity contribution < 1.29 is 19.0 Å². The fourth-order valence-corrected chi connectivity index (χ4v) is 4.01. The molecular formula is C28H30FN3O3. The third kappa shape index (κ3) is 6.25. The molecule has 7 heteroatoms. The first-order valence-corrected chi connectivity index (χ1v) is 11.8. The van der Waals surface area contributed by atoms with Crippen molar-refractivity contribution in [3.8, 4) is 5.75 Å². The van der Waals surface area contributed by atoms with Gasteiger partial charge in [0.15, 0.2) is 0 Å². The van der Waals surface area contributed by atoms with Crippen LogP contribution in [-0.4, -0.2) is 33.3 Å². The van der Waals surface area contributed by atoms with E-state index in [9.17, 15) is 14.3 Å². The summed E-state index contributed by atoms with van der Waals surface area (Å²) in [5.74, 6) is 1.11. The Morgan fingerprint density at radius 1 is 1.06 bits per heavy atom. The number of carbonyl (C=O) groups is 1. The number of amides is 1. The van der Waals surface area contributed by atoms with Crippen LogP contribution in [0.5, 0.6) is 5.75 Å². The molecule has 0 radical (unpaired) electrons. The number of nitrogens with one attached hydrogen (secondary N) is 1. The molecule has 182 valence electrons. The summed E-state index contributed by atoms with van der Waals surface area (Å²) in [4.78, 5) is 17.3. The summed E-state index contributed by atoms with van der Waals surface area (Å²) in [6.07, 6.45) is -0.742. The maximum atomic E-state index is 13.1. The van der Waals surface area contributed by atoms with Gasteiger partial charge in [-0.05, 0) is 47.4 Å². The molecule has 0 spiro atoms. The Morgan fingerprint density at radius 2 is 1.77 bits per heavy atom. The minimum Gasteiger partial charge on any atom is -0.491 e. The second-order valence-electron chi connectivity index (χ2n) is 8.86. The molecule has 2 N–H and O–H groups in total. The van der Waals surface area contributed by atoms with Crippen molar-refractivity contribution in [2.45, 2.75) is 45.4 Å². The number of para-hydroxylation sites is 3. The number of fused-ring (bicyclic) bond motifs is 1. The van der Waals surface area contributed by atoms with E-state index in [1.54, 1.807) is 12.1 Å². The molecule has 4 aromatic rings. The van der Waals surface area contributed by atoms with Crippen LogP contribution in [0.15, 0.2) is 72.8 Å². The van der Waals surface area contributed by atoms with Crippen molar-refractivity contribution >= 4 is 16.9 Å². The van der Waals surface area contributed by atoms with E-state index in [0.29, 0.717) is 18.3 Å². The standard InChI is InChI=1S/C28H30FN3O3/c1-19(2)23-7-3-6-10-26(23)35-18-22(33)17-32-25-9-5-4-8-24(25)31-27(32)15-28(34)30-16-20-11-13-21(29)14-12-20/h3-14,19,22,33H,15-18H2,1-2H3,(H,30,34). The van der Waals surface area contributed by atoms with Crippen LogP contribution in [0, 0.1) is 5.82 Å². The summed E-state index contributed by atoms with van der Waals surface area (Å²) >= 11 is 0. The molecule has 0 fully saturated rings. The van der Waals surface area contributed by atoms with Gasteiger partial charge in [-0.25, -0.2) is 9.37 Å². The molecule has 0 aliphatic rings. The lowest BCUT2D eigenvalue weighted by Gasteiger charge is -2.18. The molecule has 35 heavy (non-hydrogen) atoms. The van der Waals surface area contributed by atoms with E-state index in [-0.39, 0.29) is 31.3 Å². The van der Waals surface area contributed by atoms with Crippen molar-refractivity contribution in [1.82, 2.24) is 14.9 Å². The van der Waals surface area contributed by atoms with E-state index >= 15 is 0 Å². The van der Waals surface area contributed by atoms with Crippen molar-refractivity contribution in [2.24, 2.45) is 0 Å². The monoisotopic (exact) mass is 475 g/mol. The third-order valence-electron chi connectivity index (χ3n) is 5.82. The molecule has 0 saturated carbocycles. The fourth-order valence-electron chi connectivity index (χ4n) is 4.01. The molecule has 3 aromatic carbocycles. The van der Waals surface area contributed by atoms with Crippen LogP contribution in [-0.2, 0) is 24.3 Å². The largest absolute Gasteiger partial charge is 0.491 e. The van der Waals surface area contributed by atoms with E-state index < -0.39 is 6.10 Å². The Balaban J connectivity index is 1.44. The van der Waals surface area contributed by atoms with Crippen LogP contribution in [0.3, 0.4) is 0 Å². The molecule has 1 amide bonds. The number of carbonyl (C=O) groups excluding carboxylic acids is 1. The second-order valence-corrected chi connectivity index (χ2v) is 8.86. The number of halogens is 1. The van der Waals surface area contributed by atoms with Gasteiger partial charge in [0.25, 0.3) is 0 Å². The summed E-state index contributed by atoms with van der Waals surface area (Å²) in [5, 5.41) is 13.7. The molecular weight excluding hydrogens is 445 g/mol. The van der Waals surface area contributed by atoms with E-state index in [1.807, 2.05) is 53.1 Å². The zero-order valence-electron chi connectivity index (χ0n) is 19.9. The van der Waals surface area contributed by atoms with Gasteiger partial charge in [0, 0.05) is 6.54 Å². The predicted octanol–water partition coefficient (Wildman–Crippen LogP) is 4.60. The van der Waals surface area contributed by atoms with Crippen molar-refractivity contribution in [3.63, 3.8) is 0 Å². The highest BCUT2D eigenvalue weighted by molar-refractivity contribution is 5.81. The van der Waals surface area contributed by atoms with E-state index in [2.05, 4.69) is 24.1 Å². The van der Waals surface area contributed by atoms with Crippen LogP contribution >= 0.6 is 0 Å². The van der Waals surface area contributed by atoms with Crippen LogP contribution in [0.25, 0.3) is 11.0 Å². The third-order valence-corrected chi connectivity index (χ3v) is 5.82. The summed E-state index contributed by atoms with van der Waals surface area (Å²) < 4.78 is 20.9. The van der Waals surface area contributed by atoms with Gasteiger partial charge in [-0.3, -0.25) is 4.79 Å². The lowest BCUT2D eigenvalue weighted by atomic mass is 10.0. The Labute approximate surface area is 204 Å². The minimum absolute atomic E-state index is 0.0552. The highest BCUT2D eigenvalue weighted by Gasteiger charge is 2.18. The molecule has 4 rings (SSSR count). The van der Waals surface area contributed by atoms with Crippen LogP contribution in [0.2, 0.25) is 0 Å². The zero-order valence-corrected chi connectivity index (χ0v) is 19.9. The summed E-state index contributed by atoms with van der Waals surface area (Å²) in [6, 6.07) is 21.4. The Morgan fingerprint density at radius 3 is 2.54 bits per heavy atom. The summed E-state index contributed by atoms with van der Waals surface area (Å²) in [5.41, 5.74) is 3.50. The van der Waals surface area contributed by atoms with Gasteiger partial charge >= 0.3 is 0 Å². The number of aromatic nitrogens is 2. The Kier molecular flexibility index (Phi) is 7.77. The molecule has 0 saturated heterocycles. The van der Waals surface area contributed by atoms with Gasteiger partial charge in [-0.15, -0.1) is 0 Å². The molecule has 0 aliphatic heterocycles. The molecule has 1 unspecified atom stereocenters. The fraction of sp³-hybridized carbons (Fsp3) is 0.286. The van der Waals surface area contributed by atoms with Crippen molar-refractivity contribution in [2.75, 3.05) is 6.61 Å². The maximum absolute atomic E-state index is 13.1. The number of aliphatic hydroxyl groups is 1. The first-order valence-electron chi connectivity index (χ1n) is 11.8. The number of aliphatic hydroxyl groups excluding tert-OH is 1. The molecule has 0 aliphatic carbocycles. The van der Waals surface area contributed by atoms with Gasteiger partial charge in [-0.1, -0.05) is 56.3 Å². The van der Waals surface area contributed by atoms with E-state index in [0.717, 1.165) is 27.9 Å². The minimum atomic E-state index is -0.797. The topological polar surface area (TPSA) is 76.4 Å². The lowest BCUT2D eigenvalue weighted by molar-refractivity contribution is -0.120. The van der Waals surface area contributed by atoms with Crippen molar-refractivity contribution in [3.05, 3.63) is 95.6 Å². The highest BCUT2D eigenvalue weighted by Crippen LogP contribution is 2.26. The van der Waals surface area contributed by atoms with Gasteiger partial charge in [0.05, 0.1) is 24.0 Å². The first-order chi connectivity index (χ1) is 16.9. The van der Waals surface area contributed by atoms with Gasteiger partial charge in [0.2, 0.25) is 5.91 Å². The van der Waals surface area contributed by atoms with Crippen LogP contribution in [0.1, 0.15) is 36.7 Å². The molecule has 1 aromatic heterocycles. The van der Waals surface area contributed by atoms with Gasteiger partial charge < -0.3 is 19.7 Å². The van der Waals surface area contributed by atoms with E-state index in [4.69, 9.17) is 4.74 Å². The average Bonchev–Trinajstić information content (AvgIpc) is 3.19. The number of rotatable bonds is 10. The Bertz CT molecular complexity index is 1280. The number of nitrogens with zero attached hydrogens (tertiary/aromatic N) is 2. The average molecular weight is 476 g/mol. The lowest BCUT2D eigenvalue weighted by Crippen LogP contribution is -2.28. The van der Waals surface area contributed by atoms with E-state index in [1.165, 1.54) is 12.1 Å². The Hall–Kier alpha value is -3.71. The number of ether oxygens (including phenoxy) is 1. The van der Waals surface area contributed by atoms with Gasteiger partial charge in [-0.2, -0.15) is 0 Å². The highest BCUT2D eigenvalue weighted by atomic mass is 19.1. The second kappa shape index (κ2) is 11.1. The number of imidazole rings is 1. The smallest absolute Gasteiger partial charge is 0.227 e. The summed E-state index contributed by atoms with van der Waals surface area (Å²) in [7, 11) is 0. The van der Waals surface area contributed by atoms with Crippen molar-refractivity contribution in [1.29, 1.82) is 0 Å². The quantitative estimate of drug-likeness (QED) is 0.352. The zero-order chi connectivity index (χ0) is 24.8. The summed E-state index contributed by atoms with van der Waals surface area (Å²) in [6.45, 7) is 4.86. The number of hydrogen-bond acceptors (Lipinski definition) is 4. The SMILES string of the molecule is CC(C)c1ccccc1OCC(O)Cn1c(CC(=O)NCc2ccc(F)cc2)nc2ccccc21. The first kappa shape index (κ1) is 24.4. The van der Waals surface area contributed by atoms with Crippen LogP contribution < -0.4 is 10.1 Å². The number of hydrogen-bond donors (Lipinski definition) is 2. The molecule has 6 nitrogen and oxygen atoms in total. The maximum Gasteiger partial charge on any atom is 0.227 e.